The van der Waals surface area contributed by atoms with E-state index in [0.29, 0.717) is 17.6 Å². The van der Waals surface area contributed by atoms with Crippen molar-refractivity contribution in [2.45, 2.75) is 45.1 Å². The number of nitrogens with one attached hydrogen (secondary N) is 1. The number of hydrogen-bond acceptors (Lipinski definition) is 5. The molecule has 1 fully saturated rings. The molecular formula is C13H20N6. The minimum absolute atomic E-state index is 0.300. The van der Waals surface area contributed by atoms with E-state index in [-0.39, 0.29) is 0 Å². The molecule has 3 N–H and O–H groups in total. The molecule has 1 aliphatic heterocycles. The van der Waals surface area contributed by atoms with E-state index >= 15 is 0 Å². The lowest BCUT2D eigenvalue weighted by molar-refractivity contribution is 0.553. The zero-order valence-corrected chi connectivity index (χ0v) is 11.3. The number of anilines is 2. The topological polar surface area (TPSA) is 83.7 Å². The highest BCUT2D eigenvalue weighted by Crippen LogP contribution is 2.28. The molecule has 0 bridgehead atoms. The highest BCUT2D eigenvalue weighted by molar-refractivity contribution is 5.84. The number of aromatic nitrogens is 4. The van der Waals surface area contributed by atoms with Gasteiger partial charge in [0.05, 0.1) is 6.33 Å². The third-order valence-corrected chi connectivity index (χ3v) is 3.90. The highest BCUT2D eigenvalue weighted by atomic mass is 15.3. The molecule has 1 aliphatic rings. The Labute approximate surface area is 112 Å². The van der Waals surface area contributed by atoms with Crippen LogP contribution in [0, 0.1) is 0 Å². The maximum atomic E-state index is 5.81. The Bertz CT molecular complexity index is 563. The number of aromatic amines is 1. The molecule has 19 heavy (non-hydrogen) atoms. The van der Waals surface area contributed by atoms with E-state index in [2.05, 4.69) is 31.8 Å². The summed E-state index contributed by atoms with van der Waals surface area (Å²) in [6.45, 7) is 3.26. The van der Waals surface area contributed by atoms with Gasteiger partial charge >= 0.3 is 0 Å². The van der Waals surface area contributed by atoms with Crippen LogP contribution in [-0.2, 0) is 0 Å². The fourth-order valence-electron chi connectivity index (χ4n) is 2.92. The molecule has 0 amide bonds. The SMILES string of the molecule is CCC1CCCCCN1c1nc(N)nc2nc[nH]c12. The molecule has 0 saturated carbocycles. The van der Waals surface area contributed by atoms with Gasteiger partial charge in [-0.15, -0.1) is 0 Å². The van der Waals surface area contributed by atoms with Crippen molar-refractivity contribution < 1.29 is 0 Å². The van der Waals surface area contributed by atoms with E-state index in [0.717, 1.165) is 24.3 Å². The van der Waals surface area contributed by atoms with Crippen LogP contribution in [0.5, 0.6) is 0 Å². The summed E-state index contributed by atoms with van der Waals surface area (Å²) in [4.78, 5) is 18.3. The molecule has 3 rings (SSSR count). The second kappa shape index (κ2) is 5.03. The summed E-state index contributed by atoms with van der Waals surface area (Å²) >= 11 is 0. The minimum atomic E-state index is 0.300. The minimum Gasteiger partial charge on any atom is -0.368 e. The maximum absolute atomic E-state index is 5.81. The Morgan fingerprint density at radius 2 is 2.26 bits per heavy atom. The predicted octanol–water partition coefficient (Wildman–Crippen LogP) is 2.09. The first-order chi connectivity index (χ1) is 9.29. The van der Waals surface area contributed by atoms with Crippen molar-refractivity contribution in [3.8, 4) is 0 Å². The van der Waals surface area contributed by atoms with Gasteiger partial charge in [-0.1, -0.05) is 19.8 Å². The van der Waals surface area contributed by atoms with Crippen LogP contribution in [0.15, 0.2) is 6.33 Å². The summed E-state index contributed by atoms with van der Waals surface area (Å²) in [6.07, 6.45) is 7.79. The normalized spacial score (nSPS) is 20.7. The third-order valence-electron chi connectivity index (χ3n) is 3.90. The third kappa shape index (κ3) is 2.22. The van der Waals surface area contributed by atoms with Crippen LogP contribution < -0.4 is 10.6 Å². The van der Waals surface area contributed by atoms with Gasteiger partial charge in [-0.3, -0.25) is 0 Å². The van der Waals surface area contributed by atoms with Gasteiger partial charge in [0.1, 0.15) is 5.52 Å². The number of rotatable bonds is 2. The van der Waals surface area contributed by atoms with Crippen molar-refractivity contribution in [3.05, 3.63) is 6.33 Å². The Morgan fingerprint density at radius 3 is 3.11 bits per heavy atom. The van der Waals surface area contributed by atoms with Crippen LogP contribution in [0.3, 0.4) is 0 Å². The van der Waals surface area contributed by atoms with Gasteiger partial charge in [0, 0.05) is 12.6 Å². The van der Waals surface area contributed by atoms with Gasteiger partial charge in [0.2, 0.25) is 5.95 Å². The monoisotopic (exact) mass is 260 g/mol. The van der Waals surface area contributed by atoms with Gasteiger partial charge in [0.25, 0.3) is 0 Å². The van der Waals surface area contributed by atoms with E-state index in [9.17, 15) is 0 Å². The van der Waals surface area contributed by atoms with Gasteiger partial charge in [-0.2, -0.15) is 9.97 Å². The summed E-state index contributed by atoms with van der Waals surface area (Å²) in [7, 11) is 0. The first-order valence-electron chi connectivity index (χ1n) is 7.03. The summed E-state index contributed by atoms with van der Waals surface area (Å²) in [5.74, 6) is 1.21. The number of H-pyrrole nitrogens is 1. The number of nitrogen functional groups attached to an aromatic ring is 1. The first kappa shape index (κ1) is 12.2. The molecule has 102 valence electrons. The first-order valence-corrected chi connectivity index (χ1v) is 7.03. The zero-order valence-electron chi connectivity index (χ0n) is 11.3. The molecule has 6 heteroatoms. The quantitative estimate of drug-likeness (QED) is 0.863. The lowest BCUT2D eigenvalue weighted by Crippen LogP contribution is -2.35. The van der Waals surface area contributed by atoms with E-state index < -0.39 is 0 Å². The van der Waals surface area contributed by atoms with Crippen LogP contribution in [0.2, 0.25) is 0 Å². The predicted molar refractivity (Wildman–Crippen MR) is 76.0 cm³/mol. The molecular weight excluding hydrogens is 240 g/mol. The number of nitrogens with two attached hydrogens (primary N) is 1. The molecule has 1 saturated heterocycles. The summed E-state index contributed by atoms with van der Waals surface area (Å²) in [5.41, 5.74) is 7.37. The van der Waals surface area contributed by atoms with Gasteiger partial charge < -0.3 is 15.6 Å². The second-order valence-electron chi connectivity index (χ2n) is 5.11. The van der Waals surface area contributed by atoms with E-state index in [1.807, 2.05) is 0 Å². The number of fused-ring (bicyclic) bond motifs is 1. The molecule has 0 radical (unpaired) electrons. The van der Waals surface area contributed by atoms with Crippen molar-refractivity contribution in [1.29, 1.82) is 0 Å². The van der Waals surface area contributed by atoms with Gasteiger partial charge in [-0.25, -0.2) is 4.98 Å². The summed E-state index contributed by atoms with van der Waals surface area (Å²) in [5, 5.41) is 0. The lowest BCUT2D eigenvalue weighted by Gasteiger charge is -2.30. The van der Waals surface area contributed by atoms with Crippen molar-refractivity contribution in [1.82, 2.24) is 19.9 Å². The molecule has 0 spiro atoms. The standard InChI is InChI=1S/C13H20N6/c1-2-9-6-4-3-5-7-19(9)12-10-11(16-8-15-10)17-13(14)18-12/h8-9H,2-7H2,1H3,(H3,14,15,16,17,18). The van der Waals surface area contributed by atoms with E-state index in [4.69, 9.17) is 5.73 Å². The van der Waals surface area contributed by atoms with E-state index in [1.54, 1.807) is 6.33 Å². The molecule has 0 aliphatic carbocycles. The molecule has 3 heterocycles. The molecule has 0 aromatic carbocycles. The Hall–Kier alpha value is -1.85. The fraction of sp³-hybridized carbons (Fsp3) is 0.615. The van der Waals surface area contributed by atoms with Crippen LogP contribution in [0.4, 0.5) is 11.8 Å². The van der Waals surface area contributed by atoms with Crippen molar-refractivity contribution in [3.63, 3.8) is 0 Å². The smallest absolute Gasteiger partial charge is 0.224 e. The average Bonchev–Trinajstić information content (AvgIpc) is 2.74. The van der Waals surface area contributed by atoms with Gasteiger partial charge in [0.15, 0.2) is 11.5 Å². The van der Waals surface area contributed by atoms with Crippen molar-refractivity contribution >= 4 is 22.9 Å². The van der Waals surface area contributed by atoms with Crippen LogP contribution in [-0.4, -0.2) is 32.5 Å². The number of imidazole rings is 1. The Morgan fingerprint density at radius 1 is 1.37 bits per heavy atom. The fourth-order valence-corrected chi connectivity index (χ4v) is 2.92. The molecule has 2 aromatic heterocycles. The van der Waals surface area contributed by atoms with Gasteiger partial charge in [-0.05, 0) is 19.3 Å². The Balaban J connectivity index is 2.07. The molecule has 1 atom stereocenters. The van der Waals surface area contributed by atoms with Crippen LogP contribution in [0.25, 0.3) is 11.2 Å². The average molecular weight is 260 g/mol. The maximum Gasteiger partial charge on any atom is 0.224 e. The van der Waals surface area contributed by atoms with Crippen LogP contribution in [0.1, 0.15) is 39.0 Å². The van der Waals surface area contributed by atoms with Crippen molar-refractivity contribution in [2.75, 3.05) is 17.2 Å². The highest BCUT2D eigenvalue weighted by Gasteiger charge is 2.23. The second-order valence-corrected chi connectivity index (χ2v) is 5.11. The Kier molecular flexibility index (Phi) is 3.23. The van der Waals surface area contributed by atoms with Crippen molar-refractivity contribution in [2.24, 2.45) is 0 Å². The zero-order chi connectivity index (χ0) is 13.2. The molecule has 2 aromatic rings. The molecule has 6 nitrogen and oxygen atoms in total. The van der Waals surface area contributed by atoms with Crippen LogP contribution >= 0.6 is 0 Å². The molecule has 1 unspecified atom stereocenters. The number of nitrogens with zero attached hydrogens (tertiary/aromatic N) is 4. The van der Waals surface area contributed by atoms with E-state index in [1.165, 1.54) is 25.7 Å². The summed E-state index contributed by atoms with van der Waals surface area (Å²) in [6, 6.07) is 0.531. The lowest BCUT2D eigenvalue weighted by atomic mass is 10.1. The summed E-state index contributed by atoms with van der Waals surface area (Å²) < 4.78 is 0. The largest absolute Gasteiger partial charge is 0.368 e. The number of hydrogen-bond donors (Lipinski definition) is 2.